The van der Waals surface area contributed by atoms with Gasteiger partial charge in [0, 0.05) is 11.8 Å². The molecular weight excluding hydrogens is 242 g/mol. The maximum Gasteiger partial charge on any atom is 0.280 e. The number of sulfonamides is 1. The van der Waals surface area contributed by atoms with Gasteiger partial charge in [0.15, 0.2) is 10.8 Å². The van der Waals surface area contributed by atoms with E-state index in [0.717, 1.165) is 18.5 Å². The SMILES string of the molecule is CCCc1cc(NS(=O)(=O)c2ccn[nH]2)n[nH]1. The molecule has 92 valence electrons. The monoisotopic (exact) mass is 255 g/mol. The van der Waals surface area contributed by atoms with Gasteiger partial charge in [-0.25, -0.2) is 0 Å². The zero-order chi connectivity index (χ0) is 12.3. The number of aromatic nitrogens is 4. The molecule has 2 rings (SSSR count). The zero-order valence-electron chi connectivity index (χ0n) is 9.27. The largest absolute Gasteiger partial charge is 0.280 e. The summed E-state index contributed by atoms with van der Waals surface area (Å²) in [6.45, 7) is 2.04. The fourth-order valence-electron chi connectivity index (χ4n) is 1.40. The van der Waals surface area contributed by atoms with E-state index in [4.69, 9.17) is 0 Å². The molecule has 0 aliphatic carbocycles. The number of aromatic amines is 2. The second kappa shape index (κ2) is 4.58. The van der Waals surface area contributed by atoms with Crippen LogP contribution in [0.4, 0.5) is 5.82 Å². The molecule has 0 bridgehead atoms. The maximum atomic E-state index is 11.8. The van der Waals surface area contributed by atoms with E-state index in [1.54, 1.807) is 6.07 Å². The Labute approximate surface area is 98.7 Å². The summed E-state index contributed by atoms with van der Waals surface area (Å²) in [5.74, 6) is 0.281. The van der Waals surface area contributed by atoms with E-state index in [1.807, 2.05) is 6.92 Å². The Morgan fingerprint density at radius 3 is 2.88 bits per heavy atom. The van der Waals surface area contributed by atoms with Crippen LogP contribution in [0.1, 0.15) is 19.0 Å². The summed E-state index contributed by atoms with van der Waals surface area (Å²) in [7, 11) is -3.62. The first-order chi connectivity index (χ1) is 8.12. The van der Waals surface area contributed by atoms with Crippen molar-refractivity contribution in [3.05, 3.63) is 24.0 Å². The van der Waals surface area contributed by atoms with Crippen LogP contribution in [0, 0.1) is 0 Å². The van der Waals surface area contributed by atoms with Gasteiger partial charge in [-0.15, -0.1) is 0 Å². The number of nitrogens with zero attached hydrogens (tertiary/aromatic N) is 2. The molecule has 0 atom stereocenters. The van der Waals surface area contributed by atoms with Crippen molar-refractivity contribution < 1.29 is 8.42 Å². The summed E-state index contributed by atoms with van der Waals surface area (Å²) < 4.78 is 25.9. The molecule has 0 amide bonds. The van der Waals surface area contributed by atoms with E-state index in [9.17, 15) is 8.42 Å². The first-order valence-electron chi connectivity index (χ1n) is 5.18. The topological polar surface area (TPSA) is 104 Å². The van der Waals surface area contributed by atoms with Crippen molar-refractivity contribution in [2.75, 3.05) is 4.72 Å². The molecule has 0 saturated carbocycles. The fraction of sp³-hybridized carbons (Fsp3) is 0.333. The van der Waals surface area contributed by atoms with Crippen LogP contribution in [0.5, 0.6) is 0 Å². The van der Waals surface area contributed by atoms with Crippen LogP contribution in [0.3, 0.4) is 0 Å². The lowest BCUT2D eigenvalue weighted by Crippen LogP contribution is -2.13. The van der Waals surface area contributed by atoms with Gasteiger partial charge in [-0.1, -0.05) is 13.3 Å². The van der Waals surface area contributed by atoms with Gasteiger partial charge < -0.3 is 0 Å². The van der Waals surface area contributed by atoms with Crippen LogP contribution < -0.4 is 4.72 Å². The lowest BCUT2D eigenvalue weighted by molar-refractivity contribution is 0.597. The summed E-state index contributed by atoms with van der Waals surface area (Å²) in [6, 6.07) is 3.05. The minimum atomic E-state index is -3.62. The van der Waals surface area contributed by atoms with Crippen LogP contribution in [0.2, 0.25) is 0 Å². The van der Waals surface area contributed by atoms with E-state index in [0.29, 0.717) is 0 Å². The summed E-state index contributed by atoms with van der Waals surface area (Å²) in [4.78, 5) is 0. The fourth-order valence-corrected chi connectivity index (χ4v) is 2.30. The predicted molar refractivity (Wildman–Crippen MR) is 62.0 cm³/mol. The van der Waals surface area contributed by atoms with Gasteiger partial charge in [-0.3, -0.25) is 14.9 Å². The second-order valence-electron chi connectivity index (χ2n) is 3.55. The van der Waals surface area contributed by atoms with Crippen molar-refractivity contribution in [3.63, 3.8) is 0 Å². The maximum absolute atomic E-state index is 11.8. The first kappa shape index (κ1) is 11.6. The Morgan fingerprint density at radius 1 is 1.41 bits per heavy atom. The van der Waals surface area contributed by atoms with Crippen molar-refractivity contribution >= 4 is 15.8 Å². The Bertz CT molecular complexity index is 572. The lowest BCUT2D eigenvalue weighted by atomic mass is 10.2. The van der Waals surface area contributed by atoms with Gasteiger partial charge in [-0.2, -0.15) is 18.6 Å². The van der Waals surface area contributed by atoms with Crippen molar-refractivity contribution in [2.45, 2.75) is 24.8 Å². The number of rotatable bonds is 5. The molecule has 2 heterocycles. The second-order valence-corrected chi connectivity index (χ2v) is 5.21. The highest BCUT2D eigenvalue weighted by molar-refractivity contribution is 7.92. The number of anilines is 1. The molecule has 0 aromatic carbocycles. The van der Waals surface area contributed by atoms with Crippen molar-refractivity contribution in [3.8, 4) is 0 Å². The summed E-state index contributed by atoms with van der Waals surface area (Å²) in [5.41, 5.74) is 0.898. The number of hydrogen-bond acceptors (Lipinski definition) is 4. The molecule has 0 fully saturated rings. The smallest absolute Gasteiger partial charge is 0.280 e. The molecule has 0 spiro atoms. The molecule has 0 unspecified atom stereocenters. The van der Waals surface area contributed by atoms with Gasteiger partial charge >= 0.3 is 0 Å². The average Bonchev–Trinajstić information content (AvgIpc) is 2.88. The van der Waals surface area contributed by atoms with Crippen LogP contribution in [-0.4, -0.2) is 28.8 Å². The van der Waals surface area contributed by atoms with E-state index in [1.165, 1.54) is 12.3 Å². The van der Waals surface area contributed by atoms with Gasteiger partial charge in [0.05, 0.1) is 6.20 Å². The molecule has 2 aromatic rings. The third-order valence-electron chi connectivity index (χ3n) is 2.15. The quantitative estimate of drug-likeness (QED) is 0.738. The van der Waals surface area contributed by atoms with Gasteiger partial charge in [0.25, 0.3) is 10.0 Å². The Morgan fingerprint density at radius 2 is 2.24 bits per heavy atom. The van der Waals surface area contributed by atoms with Gasteiger partial charge in [-0.05, 0) is 12.5 Å². The predicted octanol–water partition coefficient (Wildman–Crippen LogP) is 0.886. The minimum absolute atomic E-state index is 0.0116. The molecule has 2 aromatic heterocycles. The molecule has 0 saturated heterocycles. The van der Waals surface area contributed by atoms with Crippen LogP contribution in [-0.2, 0) is 16.4 Å². The van der Waals surface area contributed by atoms with Crippen molar-refractivity contribution in [1.29, 1.82) is 0 Å². The molecular formula is C9H13N5O2S. The zero-order valence-corrected chi connectivity index (χ0v) is 10.1. The van der Waals surface area contributed by atoms with E-state index in [-0.39, 0.29) is 10.8 Å². The summed E-state index contributed by atoms with van der Waals surface area (Å²) >= 11 is 0. The number of hydrogen-bond donors (Lipinski definition) is 3. The molecule has 0 aliphatic rings. The Kier molecular flexibility index (Phi) is 3.14. The third-order valence-corrected chi connectivity index (χ3v) is 3.44. The molecule has 0 aliphatic heterocycles. The van der Waals surface area contributed by atoms with Crippen molar-refractivity contribution in [1.82, 2.24) is 20.4 Å². The van der Waals surface area contributed by atoms with Crippen LogP contribution in [0.25, 0.3) is 0 Å². The van der Waals surface area contributed by atoms with E-state index >= 15 is 0 Å². The van der Waals surface area contributed by atoms with E-state index in [2.05, 4.69) is 25.1 Å². The van der Waals surface area contributed by atoms with Crippen LogP contribution >= 0.6 is 0 Å². The number of H-pyrrole nitrogens is 2. The Balaban J connectivity index is 2.15. The molecule has 17 heavy (non-hydrogen) atoms. The standard InChI is InChI=1S/C9H13N5O2S/c1-2-3-7-6-8(12-11-7)14-17(15,16)9-4-5-10-13-9/h4-6H,2-3H2,1H3,(H,10,13)(H2,11,12,14). The molecule has 8 heteroatoms. The summed E-state index contributed by atoms with van der Waals surface area (Å²) in [5, 5.41) is 12.6. The molecule has 7 nitrogen and oxygen atoms in total. The highest BCUT2D eigenvalue weighted by atomic mass is 32.2. The third kappa shape index (κ3) is 2.64. The van der Waals surface area contributed by atoms with Crippen LogP contribution in [0.15, 0.2) is 23.4 Å². The highest BCUT2D eigenvalue weighted by Gasteiger charge is 2.16. The van der Waals surface area contributed by atoms with Gasteiger partial charge in [0.1, 0.15) is 0 Å². The number of nitrogens with one attached hydrogen (secondary N) is 3. The minimum Gasteiger partial charge on any atom is -0.280 e. The Hall–Kier alpha value is -1.83. The molecule has 3 N–H and O–H groups in total. The number of aryl methyl sites for hydroxylation is 1. The van der Waals surface area contributed by atoms with Crippen molar-refractivity contribution in [2.24, 2.45) is 0 Å². The summed E-state index contributed by atoms with van der Waals surface area (Å²) in [6.07, 6.45) is 3.18. The first-order valence-corrected chi connectivity index (χ1v) is 6.66. The highest BCUT2D eigenvalue weighted by Crippen LogP contribution is 2.13. The van der Waals surface area contributed by atoms with Gasteiger partial charge in [0.2, 0.25) is 0 Å². The average molecular weight is 255 g/mol. The molecule has 0 radical (unpaired) electrons. The normalized spacial score (nSPS) is 11.6. The lowest BCUT2D eigenvalue weighted by Gasteiger charge is -2.01. The van der Waals surface area contributed by atoms with E-state index < -0.39 is 10.0 Å².